The first-order valence-electron chi connectivity index (χ1n) is 11.2. The summed E-state index contributed by atoms with van der Waals surface area (Å²) >= 11 is 5.92. The fraction of sp³-hybridized carbons (Fsp3) is 0.240. The van der Waals surface area contributed by atoms with Crippen molar-refractivity contribution in [1.29, 1.82) is 0 Å². The van der Waals surface area contributed by atoms with Gasteiger partial charge in [-0.15, -0.1) is 0 Å². The highest BCUT2D eigenvalue weighted by atomic mass is 35.5. The Morgan fingerprint density at radius 1 is 1.23 bits per heavy atom. The second kappa shape index (κ2) is 9.79. The normalized spacial score (nSPS) is 15.7. The second-order valence-electron chi connectivity index (χ2n) is 8.19. The Kier molecular flexibility index (Phi) is 6.41. The van der Waals surface area contributed by atoms with Gasteiger partial charge in [-0.1, -0.05) is 17.7 Å². The molecular formula is C25H23ClFN5O3. The molecule has 4 aromatic rings. The molecule has 2 aromatic heterocycles. The van der Waals surface area contributed by atoms with Crippen LogP contribution in [0.5, 0.6) is 11.5 Å². The van der Waals surface area contributed by atoms with Crippen molar-refractivity contribution in [1.82, 2.24) is 19.9 Å². The molecule has 1 aliphatic rings. The summed E-state index contributed by atoms with van der Waals surface area (Å²) in [6.45, 7) is 1.11. The number of hydrogen-bond donors (Lipinski definition) is 2. The predicted molar refractivity (Wildman–Crippen MR) is 131 cm³/mol. The number of ether oxygens (including phenoxy) is 2. The van der Waals surface area contributed by atoms with Crippen molar-refractivity contribution in [3.63, 3.8) is 0 Å². The van der Waals surface area contributed by atoms with Gasteiger partial charge < -0.3 is 24.7 Å². The molecule has 2 N–H and O–H groups in total. The van der Waals surface area contributed by atoms with Gasteiger partial charge in [0.25, 0.3) is 5.91 Å². The Labute approximate surface area is 206 Å². The second-order valence-corrected chi connectivity index (χ2v) is 8.59. The Morgan fingerprint density at radius 3 is 2.91 bits per heavy atom. The summed E-state index contributed by atoms with van der Waals surface area (Å²) in [5.74, 6) is 0.764. The summed E-state index contributed by atoms with van der Waals surface area (Å²) in [4.78, 5) is 26.1. The number of nitrogens with one attached hydrogen (secondary N) is 2. The molecule has 0 aliphatic carbocycles. The monoisotopic (exact) mass is 495 g/mol. The van der Waals surface area contributed by atoms with Gasteiger partial charge in [0.1, 0.15) is 23.9 Å². The van der Waals surface area contributed by atoms with Crippen LogP contribution in [-0.2, 0) is 0 Å². The van der Waals surface area contributed by atoms with Crippen molar-refractivity contribution < 1.29 is 18.7 Å². The molecule has 0 spiro atoms. The fourth-order valence-electron chi connectivity index (χ4n) is 4.18. The van der Waals surface area contributed by atoms with E-state index in [2.05, 4.69) is 20.3 Å². The lowest BCUT2D eigenvalue weighted by Gasteiger charge is -2.33. The van der Waals surface area contributed by atoms with Crippen molar-refractivity contribution in [2.24, 2.45) is 0 Å². The van der Waals surface area contributed by atoms with Crippen LogP contribution in [0.15, 0.2) is 55.0 Å². The number of likely N-dealkylation sites (tertiary alicyclic amines) is 1. The highest BCUT2D eigenvalue weighted by Crippen LogP contribution is 2.36. The lowest BCUT2D eigenvalue weighted by Crippen LogP contribution is -2.44. The minimum Gasteiger partial charge on any atom is -0.493 e. The zero-order valence-corrected chi connectivity index (χ0v) is 19.7. The van der Waals surface area contributed by atoms with E-state index in [-0.39, 0.29) is 22.7 Å². The van der Waals surface area contributed by atoms with Crippen LogP contribution in [0.1, 0.15) is 23.3 Å². The largest absolute Gasteiger partial charge is 0.493 e. The molecule has 35 heavy (non-hydrogen) atoms. The number of aromatic nitrogens is 3. The van der Waals surface area contributed by atoms with Gasteiger partial charge in [-0.3, -0.25) is 4.79 Å². The first-order chi connectivity index (χ1) is 17.0. The third-order valence-electron chi connectivity index (χ3n) is 5.91. The van der Waals surface area contributed by atoms with E-state index in [1.165, 1.54) is 12.4 Å². The molecule has 1 aliphatic heterocycles. The fourth-order valence-corrected chi connectivity index (χ4v) is 4.35. The van der Waals surface area contributed by atoms with Crippen LogP contribution in [0, 0.1) is 5.82 Å². The molecule has 2 aromatic carbocycles. The molecule has 8 nitrogen and oxygen atoms in total. The number of carbonyl (C=O) groups excluding carboxylic acids is 1. The molecule has 3 heterocycles. The van der Waals surface area contributed by atoms with Crippen LogP contribution in [0.2, 0.25) is 5.02 Å². The van der Waals surface area contributed by atoms with Gasteiger partial charge >= 0.3 is 0 Å². The Bertz CT molecular complexity index is 1360. The highest BCUT2D eigenvalue weighted by molar-refractivity contribution is 6.31. The van der Waals surface area contributed by atoms with E-state index in [0.717, 1.165) is 12.8 Å². The van der Waals surface area contributed by atoms with E-state index in [1.54, 1.807) is 54.6 Å². The molecule has 0 saturated carbocycles. The number of piperidine rings is 1. The Morgan fingerprint density at radius 2 is 2.11 bits per heavy atom. The van der Waals surface area contributed by atoms with Crippen LogP contribution in [0.4, 0.5) is 15.9 Å². The quantitative estimate of drug-likeness (QED) is 0.382. The number of aromatic amines is 1. The summed E-state index contributed by atoms with van der Waals surface area (Å²) in [6, 6.07) is 11.8. The molecular weight excluding hydrogens is 473 g/mol. The lowest BCUT2D eigenvalue weighted by molar-refractivity contribution is 0.0528. The molecule has 1 fully saturated rings. The van der Waals surface area contributed by atoms with Crippen LogP contribution in [-0.4, -0.2) is 52.1 Å². The maximum Gasteiger partial charge on any atom is 0.270 e. The van der Waals surface area contributed by atoms with Crippen LogP contribution >= 0.6 is 11.6 Å². The predicted octanol–water partition coefficient (Wildman–Crippen LogP) is 5.19. The van der Waals surface area contributed by atoms with Crippen molar-refractivity contribution in [2.75, 3.05) is 25.5 Å². The zero-order valence-electron chi connectivity index (χ0n) is 18.9. The number of H-pyrrole nitrogens is 1. The van der Waals surface area contributed by atoms with Gasteiger partial charge in [0.05, 0.1) is 29.9 Å². The third kappa shape index (κ3) is 4.72. The van der Waals surface area contributed by atoms with Crippen molar-refractivity contribution in [3.05, 3.63) is 71.5 Å². The summed E-state index contributed by atoms with van der Waals surface area (Å²) < 4.78 is 26.4. The minimum atomic E-state index is -0.569. The number of hydrogen-bond acceptors (Lipinski definition) is 6. The van der Waals surface area contributed by atoms with E-state index in [1.807, 2.05) is 0 Å². The summed E-state index contributed by atoms with van der Waals surface area (Å²) in [5, 5.41) is 3.63. The van der Waals surface area contributed by atoms with Gasteiger partial charge in [-0.25, -0.2) is 14.4 Å². The zero-order chi connectivity index (χ0) is 24.4. The average Bonchev–Trinajstić information content (AvgIpc) is 3.41. The number of anilines is 2. The molecule has 0 bridgehead atoms. The van der Waals surface area contributed by atoms with Crippen LogP contribution in [0.25, 0.3) is 10.9 Å². The van der Waals surface area contributed by atoms with Gasteiger partial charge in [0.15, 0.2) is 17.3 Å². The highest BCUT2D eigenvalue weighted by Gasteiger charge is 2.27. The van der Waals surface area contributed by atoms with Crippen molar-refractivity contribution in [2.45, 2.75) is 18.9 Å². The average molecular weight is 496 g/mol. The first kappa shape index (κ1) is 22.9. The summed E-state index contributed by atoms with van der Waals surface area (Å²) in [6.07, 6.45) is 4.50. The van der Waals surface area contributed by atoms with Crippen molar-refractivity contribution >= 4 is 39.9 Å². The molecule has 0 radical (unpaired) electrons. The van der Waals surface area contributed by atoms with Crippen LogP contribution in [0.3, 0.4) is 0 Å². The van der Waals surface area contributed by atoms with Gasteiger partial charge in [-0.2, -0.15) is 0 Å². The lowest BCUT2D eigenvalue weighted by atomic mass is 10.1. The van der Waals surface area contributed by atoms with E-state index in [0.29, 0.717) is 47.0 Å². The smallest absolute Gasteiger partial charge is 0.270 e. The number of methoxy groups -OCH3 is 1. The number of fused-ring (bicyclic) bond motifs is 1. The van der Waals surface area contributed by atoms with E-state index in [9.17, 15) is 9.18 Å². The number of nitrogens with zero attached hydrogens (tertiary/aromatic N) is 3. The standard InChI is InChI=1S/C25H23ClFN5O3/c1-34-21-12-20-16(24(30-14-29-20)31-18-7-2-6-17(26)23(18)27)11-22(21)35-15-5-4-10-32(13-15)25(33)19-8-3-9-28-19/h2-3,6-9,11-12,14-15,28H,4-5,10,13H2,1H3,(H,29,30,31)/t15-/m1/s1. The summed E-state index contributed by atoms with van der Waals surface area (Å²) in [5.41, 5.74) is 1.35. The summed E-state index contributed by atoms with van der Waals surface area (Å²) in [7, 11) is 1.55. The number of benzene rings is 2. The van der Waals surface area contributed by atoms with Crippen molar-refractivity contribution in [3.8, 4) is 11.5 Å². The van der Waals surface area contributed by atoms with Crippen LogP contribution < -0.4 is 14.8 Å². The van der Waals surface area contributed by atoms with E-state index in [4.69, 9.17) is 21.1 Å². The van der Waals surface area contributed by atoms with Gasteiger partial charge in [-0.05, 0) is 43.2 Å². The Balaban J connectivity index is 1.43. The van der Waals surface area contributed by atoms with Gasteiger partial charge in [0, 0.05) is 24.2 Å². The molecule has 180 valence electrons. The molecule has 5 rings (SSSR count). The number of rotatable bonds is 6. The Hall–Kier alpha value is -3.85. The van der Waals surface area contributed by atoms with E-state index >= 15 is 0 Å². The SMILES string of the molecule is COc1cc2ncnc(Nc3cccc(Cl)c3F)c2cc1O[C@@H]1CCCN(C(=O)c2ccc[nH]2)C1. The maximum absolute atomic E-state index is 14.5. The number of carbonyl (C=O) groups is 1. The first-order valence-corrected chi connectivity index (χ1v) is 11.5. The number of amides is 1. The minimum absolute atomic E-state index is 0.00908. The van der Waals surface area contributed by atoms with E-state index < -0.39 is 5.82 Å². The maximum atomic E-state index is 14.5. The third-order valence-corrected chi connectivity index (χ3v) is 6.20. The molecule has 1 atom stereocenters. The molecule has 1 amide bonds. The molecule has 0 unspecified atom stereocenters. The molecule has 1 saturated heterocycles. The topological polar surface area (TPSA) is 92.4 Å². The van der Waals surface area contributed by atoms with Gasteiger partial charge in [0.2, 0.25) is 0 Å². The molecule has 10 heteroatoms. The number of halogens is 2.